The third kappa shape index (κ3) is 1.01. The van der Waals surface area contributed by atoms with Gasteiger partial charge in [-0.15, -0.1) is 0 Å². The molecule has 1 aromatic heterocycles. The average molecular weight is 128 g/mol. The molecular formula is C3H4N4O2. The van der Waals surface area contributed by atoms with Gasteiger partial charge in [0.05, 0.1) is 0 Å². The molecule has 0 spiro atoms. The van der Waals surface area contributed by atoms with Gasteiger partial charge in [-0.2, -0.15) is 4.68 Å². The molecule has 1 aromatic rings. The van der Waals surface area contributed by atoms with Gasteiger partial charge < -0.3 is 4.74 Å². The molecule has 48 valence electrons. The molecule has 0 bridgehead atoms. The first kappa shape index (κ1) is 5.67. The Labute approximate surface area is 50.4 Å². The lowest BCUT2D eigenvalue weighted by molar-refractivity contribution is -0.121. The third-order valence-electron chi connectivity index (χ3n) is 0.735. The summed E-state index contributed by atoms with van der Waals surface area (Å²) in [5.41, 5.74) is 0. The van der Waals surface area contributed by atoms with Crippen molar-refractivity contribution < 1.29 is 9.53 Å². The Morgan fingerprint density at radius 1 is 1.78 bits per heavy atom. The van der Waals surface area contributed by atoms with Crippen molar-refractivity contribution in [3.63, 3.8) is 0 Å². The maximum absolute atomic E-state index is 9.69. The van der Waals surface area contributed by atoms with Gasteiger partial charge in [-0.3, -0.25) is 4.79 Å². The first-order chi connectivity index (χ1) is 4.34. The van der Waals surface area contributed by atoms with Gasteiger partial charge in [-0.1, -0.05) is 5.10 Å². The van der Waals surface area contributed by atoms with Gasteiger partial charge in [0.2, 0.25) is 0 Å². The van der Waals surface area contributed by atoms with Crippen LogP contribution >= 0.6 is 0 Å². The number of ether oxygens (including phenoxy) is 1. The van der Waals surface area contributed by atoms with Crippen molar-refractivity contribution in [1.82, 2.24) is 20.2 Å². The SMILES string of the molecule is Cn1nnnc1OC=O. The molecule has 1 heterocycles. The first-order valence-electron chi connectivity index (χ1n) is 2.17. The molecule has 0 radical (unpaired) electrons. The average Bonchev–Trinajstić information content (AvgIpc) is 2.18. The van der Waals surface area contributed by atoms with E-state index in [4.69, 9.17) is 0 Å². The molecule has 6 nitrogen and oxygen atoms in total. The maximum atomic E-state index is 9.69. The zero-order valence-corrected chi connectivity index (χ0v) is 4.68. The molecule has 0 aromatic carbocycles. The van der Waals surface area contributed by atoms with E-state index in [1.807, 2.05) is 0 Å². The molecule has 0 amide bonds. The molecule has 6 heteroatoms. The Balaban J connectivity index is 2.80. The van der Waals surface area contributed by atoms with Crippen LogP contribution in [0.15, 0.2) is 0 Å². The van der Waals surface area contributed by atoms with Gasteiger partial charge >= 0.3 is 12.5 Å². The number of hydrogen-bond donors (Lipinski definition) is 0. The molecule has 0 saturated heterocycles. The molecular weight excluding hydrogens is 124 g/mol. The van der Waals surface area contributed by atoms with Gasteiger partial charge in [0.25, 0.3) is 0 Å². The number of nitrogens with zero attached hydrogens (tertiary/aromatic N) is 4. The summed E-state index contributed by atoms with van der Waals surface area (Å²) < 4.78 is 5.57. The Bertz CT molecular complexity index is 207. The predicted octanol–water partition coefficient (Wildman–Crippen LogP) is -1.25. The second-order valence-electron chi connectivity index (χ2n) is 1.30. The second kappa shape index (κ2) is 2.21. The van der Waals surface area contributed by atoms with Crippen LogP contribution in [0, 0.1) is 0 Å². The number of tetrazole rings is 1. The Hall–Kier alpha value is -1.46. The highest BCUT2D eigenvalue weighted by Gasteiger charge is 1.98. The lowest BCUT2D eigenvalue weighted by Gasteiger charge is -1.89. The van der Waals surface area contributed by atoms with Crippen molar-refractivity contribution in [3.8, 4) is 6.01 Å². The zero-order valence-electron chi connectivity index (χ0n) is 4.68. The number of aromatic nitrogens is 4. The summed E-state index contributed by atoms with van der Waals surface area (Å²) >= 11 is 0. The largest absolute Gasteiger partial charge is 0.392 e. The smallest absolute Gasteiger partial charge is 0.342 e. The van der Waals surface area contributed by atoms with Crippen LogP contribution in [0.2, 0.25) is 0 Å². The van der Waals surface area contributed by atoms with Gasteiger partial charge in [-0.05, 0) is 10.4 Å². The number of carbonyl (C=O) groups excluding carboxylic acids is 1. The van der Waals surface area contributed by atoms with Crippen LogP contribution in [0.1, 0.15) is 0 Å². The number of rotatable bonds is 2. The lowest BCUT2D eigenvalue weighted by atomic mass is 11.1. The van der Waals surface area contributed by atoms with E-state index < -0.39 is 0 Å². The fraction of sp³-hybridized carbons (Fsp3) is 0.333. The van der Waals surface area contributed by atoms with Crippen molar-refractivity contribution in [3.05, 3.63) is 0 Å². The fourth-order valence-electron chi connectivity index (χ4n) is 0.364. The molecule has 0 aliphatic heterocycles. The summed E-state index contributed by atoms with van der Waals surface area (Å²) in [4.78, 5) is 9.69. The van der Waals surface area contributed by atoms with Crippen LogP contribution in [0.3, 0.4) is 0 Å². The molecule has 0 saturated carbocycles. The van der Waals surface area contributed by atoms with Gasteiger partial charge in [-0.25, -0.2) is 0 Å². The van der Waals surface area contributed by atoms with Gasteiger partial charge in [0.1, 0.15) is 0 Å². The normalized spacial score (nSPS) is 9.00. The Morgan fingerprint density at radius 2 is 2.56 bits per heavy atom. The van der Waals surface area contributed by atoms with E-state index >= 15 is 0 Å². The molecule has 0 fully saturated rings. The van der Waals surface area contributed by atoms with E-state index in [1.54, 1.807) is 7.05 Å². The molecule has 0 aliphatic carbocycles. The molecule has 1 rings (SSSR count). The molecule has 0 atom stereocenters. The van der Waals surface area contributed by atoms with Crippen LogP contribution in [0.25, 0.3) is 0 Å². The summed E-state index contributed by atoms with van der Waals surface area (Å²) in [6.07, 6.45) is 0. The summed E-state index contributed by atoms with van der Waals surface area (Å²) in [6.45, 7) is 0.270. The van der Waals surface area contributed by atoms with Crippen molar-refractivity contribution in [2.24, 2.45) is 7.05 Å². The number of aryl methyl sites for hydroxylation is 1. The highest BCUT2D eigenvalue weighted by atomic mass is 16.5. The van der Waals surface area contributed by atoms with E-state index in [1.165, 1.54) is 4.68 Å². The lowest BCUT2D eigenvalue weighted by Crippen LogP contribution is -1.98. The monoisotopic (exact) mass is 128 g/mol. The highest BCUT2D eigenvalue weighted by Crippen LogP contribution is 1.95. The Morgan fingerprint density at radius 3 is 3.00 bits per heavy atom. The molecule has 0 unspecified atom stereocenters. The standard InChI is InChI=1S/C3H4N4O2/c1-7-3(9-2-8)4-5-6-7/h2H,1H3. The van der Waals surface area contributed by atoms with Gasteiger partial charge in [0, 0.05) is 7.05 Å². The van der Waals surface area contributed by atoms with E-state index in [-0.39, 0.29) is 12.5 Å². The Kier molecular flexibility index (Phi) is 1.39. The van der Waals surface area contributed by atoms with E-state index in [0.29, 0.717) is 0 Å². The minimum absolute atomic E-state index is 0.0880. The van der Waals surface area contributed by atoms with E-state index in [0.717, 1.165) is 0 Å². The topological polar surface area (TPSA) is 69.9 Å². The van der Waals surface area contributed by atoms with Crippen molar-refractivity contribution in [2.75, 3.05) is 0 Å². The quantitative estimate of drug-likeness (QED) is 0.465. The first-order valence-corrected chi connectivity index (χ1v) is 2.17. The number of hydrogen-bond acceptors (Lipinski definition) is 5. The van der Waals surface area contributed by atoms with Crippen LogP contribution in [0.5, 0.6) is 6.01 Å². The number of carbonyl (C=O) groups is 1. The fourth-order valence-corrected chi connectivity index (χ4v) is 0.364. The molecule has 0 N–H and O–H groups in total. The minimum Gasteiger partial charge on any atom is -0.392 e. The second-order valence-corrected chi connectivity index (χ2v) is 1.30. The van der Waals surface area contributed by atoms with Gasteiger partial charge in [0.15, 0.2) is 0 Å². The maximum Gasteiger partial charge on any atom is 0.342 e. The summed E-state index contributed by atoms with van der Waals surface area (Å²) in [6, 6.07) is 0.0880. The van der Waals surface area contributed by atoms with Crippen LogP contribution in [0.4, 0.5) is 0 Å². The summed E-state index contributed by atoms with van der Waals surface area (Å²) in [7, 11) is 1.57. The van der Waals surface area contributed by atoms with Crippen molar-refractivity contribution >= 4 is 6.47 Å². The summed E-state index contributed by atoms with van der Waals surface area (Å²) in [5.74, 6) is 0. The predicted molar refractivity (Wildman–Crippen MR) is 25.5 cm³/mol. The van der Waals surface area contributed by atoms with Crippen LogP contribution < -0.4 is 4.74 Å². The van der Waals surface area contributed by atoms with Crippen LogP contribution in [-0.4, -0.2) is 26.7 Å². The van der Waals surface area contributed by atoms with E-state index in [2.05, 4.69) is 20.3 Å². The molecule has 0 aliphatic rings. The molecule has 9 heavy (non-hydrogen) atoms. The van der Waals surface area contributed by atoms with Crippen molar-refractivity contribution in [1.29, 1.82) is 0 Å². The summed E-state index contributed by atoms with van der Waals surface area (Å²) in [5, 5.41) is 9.98. The third-order valence-corrected chi connectivity index (χ3v) is 0.735. The van der Waals surface area contributed by atoms with E-state index in [9.17, 15) is 4.79 Å². The van der Waals surface area contributed by atoms with Crippen molar-refractivity contribution in [2.45, 2.75) is 0 Å². The minimum atomic E-state index is 0.0880. The highest BCUT2D eigenvalue weighted by molar-refractivity contribution is 5.41. The zero-order chi connectivity index (χ0) is 6.69. The van der Waals surface area contributed by atoms with Crippen LogP contribution in [-0.2, 0) is 11.8 Å².